The van der Waals surface area contributed by atoms with Gasteiger partial charge in [-0.15, -0.1) is 0 Å². The van der Waals surface area contributed by atoms with Gasteiger partial charge in [-0.05, 0) is 35.4 Å². The van der Waals surface area contributed by atoms with Crippen molar-refractivity contribution in [2.24, 2.45) is 0 Å². The molecule has 0 amide bonds. The number of furan rings is 1. The SMILES string of the molecule is O=S(=O)(C=Cc1ccccc1)NCc1cccnc1-c1ccco1. The van der Waals surface area contributed by atoms with Crippen LogP contribution in [0.15, 0.2) is 76.9 Å². The molecule has 2 heterocycles. The van der Waals surface area contributed by atoms with Crippen molar-refractivity contribution >= 4 is 16.1 Å². The van der Waals surface area contributed by atoms with Gasteiger partial charge in [-0.2, -0.15) is 0 Å². The van der Waals surface area contributed by atoms with E-state index >= 15 is 0 Å². The first-order valence-electron chi connectivity index (χ1n) is 7.35. The van der Waals surface area contributed by atoms with E-state index in [4.69, 9.17) is 4.42 Å². The van der Waals surface area contributed by atoms with Gasteiger partial charge in [-0.25, -0.2) is 13.1 Å². The summed E-state index contributed by atoms with van der Waals surface area (Å²) in [5.74, 6) is 0.602. The van der Waals surface area contributed by atoms with Crippen molar-refractivity contribution in [1.29, 1.82) is 0 Å². The molecule has 6 heteroatoms. The molecule has 0 saturated carbocycles. The minimum Gasteiger partial charge on any atom is -0.463 e. The van der Waals surface area contributed by atoms with Gasteiger partial charge in [0.15, 0.2) is 5.76 Å². The molecule has 1 aromatic carbocycles. The molecule has 3 aromatic rings. The molecule has 0 bridgehead atoms. The second kappa shape index (κ2) is 7.25. The van der Waals surface area contributed by atoms with Gasteiger partial charge >= 0.3 is 0 Å². The summed E-state index contributed by atoms with van der Waals surface area (Å²) in [5, 5.41) is 1.16. The Kier molecular flexibility index (Phi) is 4.88. The number of nitrogens with one attached hydrogen (secondary N) is 1. The van der Waals surface area contributed by atoms with Crippen LogP contribution >= 0.6 is 0 Å². The lowest BCUT2D eigenvalue weighted by Gasteiger charge is -2.07. The highest BCUT2D eigenvalue weighted by molar-refractivity contribution is 7.92. The summed E-state index contributed by atoms with van der Waals surface area (Å²) in [4.78, 5) is 4.27. The molecular weight excluding hydrogens is 324 g/mol. The maximum absolute atomic E-state index is 12.1. The fourth-order valence-electron chi connectivity index (χ4n) is 2.18. The zero-order valence-corrected chi connectivity index (χ0v) is 13.6. The first kappa shape index (κ1) is 16.2. The largest absolute Gasteiger partial charge is 0.463 e. The van der Waals surface area contributed by atoms with Crippen LogP contribution in [0.25, 0.3) is 17.5 Å². The standard InChI is InChI=1S/C18H16N2O3S/c21-24(22,13-10-15-6-2-1-3-7-15)20-14-16-8-4-11-19-18(16)17-9-5-12-23-17/h1-13,20H,14H2. The van der Waals surface area contributed by atoms with E-state index in [1.54, 1.807) is 36.7 Å². The predicted octanol–water partition coefficient (Wildman–Crippen LogP) is 3.43. The Bertz CT molecular complexity index is 918. The Labute approximate surface area is 140 Å². The van der Waals surface area contributed by atoms with Crippen LogP contribution in [-0.2, 0) is 16.6 Å². The summed E-state index contributed by atoms with van der Waals surface area (Å²) in [6, 6.07) is 16.4. The maximum atomic E-state index is 12.1. The molecule has 0 spiro atoms. The van der Waals surface area contributed by atoms with Crippen LogP contribution in [0.2, 0.25) is 0 Å². The number of sulfonamides is 1. The molecule has 2 aromatic heterocycles. The predicted molar refractivity (Wildman–Crippen MR) is 93.2 cm³/mol. The second-order valence-electron chi connectivity index (χ2n) is 5.07. The van der Waals surface area contributed by atoms with Crippen LogP contribution in [-0.4, -0.2) is 13.4 Å². The Balaban J connectivity index is 1.73. The third kappa shape index (κ3) is 4.18. The molecule has 24 heavy (non-hydrogen) atoms. The molecule has 0 aliphatic rings. The van der Waals surface area contributed by atoms with Crippen molar-refractivity contribution in [3.05, 3.63) is 83.6 Å². The number of rotatable bonds is 6. The summed E-state index contributed by atoms with van der Waals surface area (Å²) in [7, 11) is -3.55. The lowest BCUT2D eigenvalue weighted by molar-refractivity contribution is 0.577. The first-order valence-corrected chi connectivity index (χ1v) is 8.89. The summed E-state index contributed by atoms with van der Waals surface area (Å²) >= 11 is 0. The molecule has 0 fully saturated rings. The van der Waals surface area contributed by atoms with Crippen molar-refractivity contribution in [2.45, 2.75) is 6.54 Å². The zero-order valence-electron chi connectivity index (χ0n) is 12.8. The van der Waals surface area contributed by atoms with Crippen LogP contribution in [0.4, 0.5) is 0 Å². The lowest BCUT2D eigenvalue weighted by atomic mass is 10.1. The third-order valence-electron chi connectivity index (χ3n) is 3.35. The van der Waals surface area contributed by atoms with Gasteiger partial charge in [0, 0.05) is 18.1 Å². The molecule has 0 unspecified atom stereocenters. The Morgan fingerprint density at radius 3 is 2.62 bits per heavy atom. The van der Waals surface area contributed by atoms with Crippen LogP contribution < -0.4 is 4.72 Å². The maximum Gasteiger partial charge on any atom is 0.234 e. The highest BCUT2D eigenvalue weighted by Gasteiger charge is 2.11. The second-order valence-corrected chi connectivity index (χ2v) is 6.72. The van der Waals surface area contributed by atoms with Crippen LogP contribution in [0.1, 0.15) is 11.1 Å². The van der Waals surface area contributed by atoms with E-state index in [-0.39, 0.29) is 6.54 Å². The molecule has 0 atom stereocenters. The van der Waals surface area contributed by atoms with Crippen molar-refractivity contribution in [2.75, 3.05) is 0 Å². The minimum absolute atomic E-state index is 0.130. The van der Waals surface area contributed by atoms with E-state index in [2.05, 4.69) is 9.71 Å². The molecule has 0 aliphatic heterocycles. The van der Waals surface area contributed by atoms with Crippen molar-refractivity contribution < 1.29 is 12.8 Å². The first-order chi connectivity index (χ1) is 11.6. The van der Waals surface area contributed by atoms with E-state index in [1.165, 1.54) is 0 Å². The van der Waals surface area contributed by atoms with Gasteiger partial charge in [0.2, 0.25) is 10.0 Å². The highest BCUT2D eigenvalue weighted by Crippen LogP contribution is 2.21. The quantitative estimate of drug-likeness (QED) is 0.746. The summed E-state index contributed by atoms with van der Waals surface area (Å²) in [5.41, 5.74) is 2.18. The van der Waals surface area contributed by atoms with Crippen LogP contribution in [0, 0.1) is 0 Å². The number of benzene rings is 1. The Morgan fingerprint density at radius 1 is 1.04 bits per heavy atom. The van der Waals surface area contributed by atoms with E-state index in [1.807, 2.05) is 36.4 Å². The van der Waals surface area contributed by atoms with Crippen molar-refractivity contribution in [3.63, 3.8) is 0 Å². The normalized spacial score (nSPS) is 11.8. The molecule has 0 radical (unpaired) electrons. The molecule has 122 valence electrons. The summed E-state index contributed by atoms with van der Waals surface area (Å²) < 4.78 is 32.2. The number of hydrogen-bond donors (Lipinski definition) is 1. The van der Waals surface area contributed by atoms with E-state index in [9.17, 15) is 8.42 Å². The topological polar surface area (TPSA) is 72.2 Å². The summed E-state index contributed by atoms with van der Waals surface area (Å²) in [6.07, 6.45) is 4.75. The van der Waals surface area contributed by atoms with E-state index in [0.29, 0.717) is 11.5 Å². The highest BCUT2D eigenvalue weighted by atomic mass is 32.2. The van der Waals surface area contributed by atoms with E-state index < -0.39 is 10.0 Å². The van der Waals surface area contributed by atoms with Gasteiger partial charge in [0.25, 0.3) is 0 Å². The average molecular weight is 340 g/mol. The fraction of sp³-hybridized carbons (Fsp3) is 0.0556. The molecule has 0 aliphatic carbocycles. The lowest BCUT2D eigenvalue weighted by Crippen LogP contribution is -2.21. The Morgan fingerprint density at radius 2 is 1.88 bits per heavy atom. The van der Waals surface area contributed by atoms with Crippen molar-refractivity contribution in [1.82, 2.24) is 9.71 Å². The number of hydrogen-bond acceptors (Lipinski definition) is 4. The Hall–Kier alpha value is -2.70. The van der Waals surface area contributed by atoms with Crippen LogP contribution in [0.3, 0.4) is 0 Å². The molecule has 3 rings (SSSR count). The number of aromatic nitrogens is 1. The molecule has 1 N–H and O–H groups in total. The minimum atomic E-state index is -3.55. The number of nitrogens with zero attached hydrogens (tertiary/aromatic N) is 1. The molecular formula is C18H16N2O3S. The molecule has 5 nitrogen and oxygen atoms in total. The van der Waals surface area contributed by atoms with Gasteiger partial charge in [0.1, 0.15) is 5.69 Å². The zero-order chi connectivity index (χ0) is 16.8. The third-order valence-corrected chi connectivity index (χ3v) is 4.39. The van der Waals surface area contributed by atoms with Gasteiger partial charge in [-0.1, -0.05) is 36.4 Å². The van der Waals surface area contributed by atoms with Gasteiger partial charge < -0.3 is 4.42 Å². The summed E-state index contributed by atoms with van der Waals surface area (Å²) in [6.45, 7) is 0.130. The van der Waals surface area contributed by atoms with Crippen LogP contribution in [0.5, 0.6) is 0 Å². The van der Waals surface area contributed by atoms with Gasteiger partial charge in [0.05, 0.1) is 6.26 Å². The molecule has 0 saturated heterocycles. The van der Waals surface area contributed by atoms with Gasteiger partial charge in [-0.3, -0.25) is 4.98 Å². The smallest absolute Gasteiger partial charge is 0.234 e. The average Bonchev–Trinajstić information content (AvgIpc) is 3.14. The van der Waals surface area contributed by atoms with Crippen molar-refractivity contribution in [3.8, 4) is 11.5 Å². The van der Waals surface area contributed by atoms with E-state index in [0.717, 1.165) is 16.5 Å². The number of pyridine rings is 1. The monoisotopic (exact) mass is 340 g/mol. The fourth-order valence-corrected chi connectivity index (χ4v) is 2.96.